The van der Waals surface area contributed by atoms with Crippen LogP contribution in [-0.2, 0) is 10.0 Å². The lowest BCUT2D eigenvalue weighted by atomic mass is 9.99. The molecule has 0 bridgehead atoms. The number of hydrogen-bond donors (Lipinski definition) is 2. The number of piperidine rings is 1. The van der Waals surface area contributed by atoms with Crippen molar-refractivity contribution in [2.45, 2.75) is 24.7 Å². The van der Waals surface area contributed by atoms with Gasteiger partial charge in [0.1, 0.15) is 16.5 Å². The van der Waals surface area contributed by atoms with Gasteiger partial charge in [0.05, 0.1) is 16.9 Å². The van der Waals surface area contributed by atoms with E-state index in [1.807, 2.05) is 4.90 Å². The van der Waals surface area contributed by atoms with Crippen LogP contribution in [0.4, 0.5) is 20.2 Å². The maximum absolute atomic E-state index is 14.0. The highest BCUT2D eigenvalue weighted by Gasteiger charge is 2.25. The number of anilines is 2. The predicted molar refractivity (Wildman–Crippen MR) is 101 cm³/mol. The monoisotopic (exact) mass is 410 g/mol. The Morgan fingerprint density at radius 1 is 1.21 bits per heavy atom. The van der Waals surface area contributed by atoms with E-state index in [2.05, 4.69) is 11.6 Å². The van der Waals surface area contributed by atoms with Crippen LogP contribution in [0, 0.1) is 17.6 Å². The first kappa shape index (κ1) is 20.1. The van der Waals surface area contributed by atoms with E-state index in [0.29, 0.717) is 30.8 Å². The summed E-state index contributed by atoms with van der Waals surface area (Å²) in [6, 6.07) is 6.23. The van der Waals surface area contributed by atoms with E-state index in [4.69, 9.17) is 0 Å². The Morgan fingerprint density at radius 3 is 2.64 bits per heavy atom. The zero-order valence-corrected chi connectivity index (χ0v) is 16.0. The quantitative estimate of drug-likeness (QED) is 0.785. The average Bonchev–Trinajstić information content (AvgIpc) is 2.63. The van der Waals surface area contributed by atoms with E-state index < -0.39 is 32.5 Å². The number of aromatic carboxylic acids is 1. The third-order valence-corrected chi connectivity index (χ3v) is 6.05. The van der Waals surface area contributed by atoms with E-state index in [-0.39, 0.29) is 11.3 Å². The summed E-state index contributed by atoms with van der Waals surface area (Å²) in [7, 11) is -4.47. The van der Waals surface area contributed by atoms with Gasteiger partial charge in [-0.25, -0.2) is 22.0 Å². The minimum atomic E-state index is -4.47. The molecule has 0 saturated carbocycles. The Kier molecular flexibility index (Phi) is 5.55. The van der Waals surface area contributed by atoms with Crippen molar-refractivity contribution in [1.29, 1.82) is 0 Å². The van der Waals surface area contributed by atoms with Gasteiger partial charge in [-0.3, -0.25) is 4.72 Å². The molecule has 1 fully saturated rings. The summed E-state index contributed by atoms with van der Waals surface area (Å²) in [5.74, 6) is -2.84. The molecule has 1 saturated heterocycles. The first-order chi connectivity index (χ1) is 13.2. The lowest BCUT2D eigenvalue weighted by molar-refractivity contribution is 0.0697. The van der Waals surface area contributed by atoms with Gasteiger partial charge in [0.2, 0.25) is 0 Å². The van der Waals surface area contributed by atoms with Crippen LogP contribution in [0.25, 0.3) is 0 Å². The molecule has 0 aromatic heterocycles. The first-order valence-electron chi connectivity index (χ1n) is 8.77. The van der Waals surface area contributed by atoms with Gasteiger partial charge in [-0.1, -0.05) is 6.92 Å². The van der Waals surface area contributed by atoms with Gasteiger partial charge in [-0.15, -0.1) is 0 Å². The molecule has 28 heavy (non-hydrogen) atoms. The Hall–Kier alpha value is -2.68. The highest BCUT2D eigenvalue weighted by Crippen LogP contribution is 2.33. The van der Waals surface area contributed by atoms with Gasteiger partial charge in [0, 0.05) is 13.1 Å². The van der Waals surface area contributed by atoms with Crippen molar-refractivity contribution in [1.82, 2.24) is 0 Å². The summed E-state index contributed by atoms with van der Waals surface area (Å²) < 4.78 is 55.0. The number of benzene rings is 2. The molecule has 6 nitrogen and oxygen atoms in total. The lowest BCUT2D eigenvalue weighted by Crippen LogP contribution is -2.35. The van der Waals surface area contributed by atoms with Crippen LogP contribution in [0.3, 0.4) is 0 Å². The Morgan fingerprint density at radius 2 is 1.96 bits per heavy atom. The summed E-state index contributed by atoms with van der Waals surface area (Å²) in [6.07, 6.45) is 1.95. The first-order valence-corrected chi connectivity index (χ1v) is 10.3. The van der Waals surface area contributed by atoms with Gasteiger partial charge in [0.25, 0.3) is 10.0 Å². The van der Waals surface area contributed by atoms with Crippen molar-refractivity contribution in [2.24, 2.45) is 5.92 Å². The van der Waals surface area contributed by atoms with Crippen LogP contribution in [0.15, 0.2) is 41.3 Å². The molecule has 1 aliphatic rings. The fraction of sp³-hybridized carbons (Fsp3) is 0.316. The van der Waals surface area contributed by atoms with Crippen molar-refractivity contribution in [3.63, 3.8) is 0 Å². The maximum atomic E-state index is 14.0. The van der Waals surface area contributed by atoms with E-state index in [9.17, 15) is 27.1 Å². The fourth-order valence-corrected chi connectivity index (χ4v) is 4.47. The molecule has 1 aliphatic heterocycles. The molecule has 9 heteroatoms. The third-order valence-electron chi connectivity index (χ3n) is 4.67. The second-order valence-electron chi connectivity index (χ2n) is 6.91. The number of nitrogens with one attached hydrogen (secondary N) is 1. The molecule has 2 aromatic carbocycles. The van der Waals surface area contributed by atoms with Crippen molar-refractivity contribution < 1.29 is 27.1 Å². The SMILES string of the molecule is C[C@H]1CCCN(c2ccc(C(=O)O)cc2NS(=O)(=O)c2cc(F)ccc2F)C1. The molecule has 0 radical (unpaired) electrons. The predicted octanol–water partition coefficient (Wildman–Crippen LogP) is 3.70. The van der Waals surface area contributed by atoms with Gasteiger partial charge in [-0.05, 0) is 55.2 Å². The number of rotatable bonds is 5. The minimum Gasteiger partial charge on any atom is -0.478 e. The van der Waals surface area contributed by atoms with Crippen molar-refractivity contribution >= 4 is 27.4 Å². The van der Waals surface area contributed by atoms with E-state index in [1.54, 1.807) is 0 Å². The van der Waals surface area contributed by atoms with Crippen LogP contribution >= 0.6 is 0 Å². The van der Waals surface area contributed by atoms with Crippen molar-refractivity contribution in [3.05, 3.63) is 53.6 Å². The molecule has 0 amide bonds. The molecule has 150 valence electrons. The van der Waals surface area contributed by atoms with E-state index in [1.165, 1.54) is 18.2 Å². The molecule has 1 atom stereocenters. The summed E-state index contributed by atoms with van der Waals surface area (Å²) in [5, 5.41) is 9.25. The van der Waals surface area contributed by atoms with Gasteiger partial charge in [-0.2, -0.15) is 0 Å². The number of halogens is 2. The topological polar surface area (TPSA) is 86.7 Å². The Balaban J connectivity index is 2.04. The molecule has 0 unspecified atom stereocenters. The van der Waals surface area contributed by atoms with Crippen LogP contribution in [0.5, 0.6) is 0 Å². The van der Waals surface area contributed by atoms with Crippen LogP contribution in [-0.4, -0.2) is 32.6 Å². The number of nitrogens with zero attached hydrogens (tertiary/aromatic N) is 1. The number of carboxylic acid groups (broad SMARTS) is 1. The molecule has 0 spiro atoms. The van der Waals surface area contributed by atoms with Gasteiger partial charge < -0.3 is 10.0 Å². The van der Waals surface area contributed by atoms with E-state index >= 15 is 0 Å². The zero-order valence-electron chi connectivity index (χ0n) is 15.2. The minimum absolute atomic E-state index is 0.0117. The zero-order chi connectivity index (χ0) is 20.5. The number of hydrogen-bond acceptors (Lipinski definition) is 4. The normalized spacial score (nSPS) is 17.4. The molecule has 2 N–H and O–H groups in total. The van der Waals surface area contributed by atoms with Gasteiger partial charge in [0.15, 0.2) is 0 Å². The lowest BCUT2D eigenvalue weighted by Gasteiger charge is -2.34. The molecular formula is C19H20F2N2O4S. The Bertz CT molecular complexity index is 1010. The van der Waals surface area contributed by atoms with Gasteiger partial charge >= 0.3 is 5.97 Å². The number of sulfonamides is 1. The van der Waals surface area contributed by atoms with E-state index in [0.717, 1.165) is 25.0 Å². The molecule has 1 heterocycles. The van der Waals surface area contributed by atoms with Crippen LogP contribution in [0.1, 0.15) is 30.1 Å². The van der Waals surface area contributed by atoms with Crippen molar-refractivity contribution in [3.8, 4) is 0 Å². The largest absolute Gasteiger partial charge is 0.478 e. The second-order valence-corrected chi connectivity index (χ2v) is 8.56. The average molecular weight is 410 g/mol. The third kappa shape index (κ3) is 4.24. The fourth-order valence-electron chi connectivity index (χ4n) is 3.32. The number of carbonyl (C=O) groups is 1. The summed E-state index contributed by atoms with van der Waals surface area (Å²) >= 11 is 0. The Labute approximate surface area is 161 Å². The summed E-state index contributed by atoms with van der Waals surface area (Å²) in [5.41, 5.74) is 0.390. The molecular weight excluding hydrogens is 390 g/mol. The summed E-state index contributed by atoms with van der Waals surface area (Å²) in [6.45, 7) is 3.43. The van der Waals surface area contributed by atoms with Crippen molar-refractivity contribution in [2.75, 3.05) is 22.7 Å². The highest BCUT2D eigenvalue weighted by atomic mass is 32.2. The standard InChI is InChI=1S/C19H20F2N2O4S/c1-12-3-2-8-23(11-12)17-7-4-13(19(24)25)9-16(17)22-28(26,27)18-10-14(20)5-6-15(18)21/h4-7,9-10,12,22H,2-3,8,11H2,1H3,(H,24,25)/t12-/m0/s1. The smallest absolute Gasteiger partial charge is 0.335 e. The number of carboxylic acids is 1. The molecule has 0 aliphatic carbocycles. The maximum Gasteiger partial charge on any atom is 0.335 e. The summed E-state index contributed by atoms with van der Waals surface area (Å²) in [4.78, 5) is 12.4. The second kappa shape index (κ2) is 7.75. The van der Waals surface area contributed by atoms with Crippen LogP contribution < -0.4 is 9.62 Å². The highest BCUT2D eigenvalue weighted by molar-refractivity contribution is 7.92. The molecule has 3 rings (SSSR count). The molecule has 2 aromatic rings. The van der Waals surface area contributed by atoms with Crippen LogP contribution in [0.2, 0.25) is 0 Å².